The molecule has 1 heterocycles. The zero-order valence-electron chi connectivity index (χ0n) is 15.6. The highest BCUT2D eigenvalue weighted by atomic mass is 32.2. The summed E-state index contributed by atoms with van der Waals surface area (Å²) < 4.78 is 1.75. The van der Waals surface area contributed by atoms with Gasteiger partial charge in [-0.25, -0.2) is 4.98 Å². The summed E-state index contributed by atoms with van der Waals surface area (Å²) in [6, 6.07) is 8.39. The van der Waals surface area contributed by atoms with E-state index in [0.29, 0.717) is 17.5 Å². The molecule has 27 heavy (non-hydrogen) atoms. The van der Waals surface area contributed by atoms with Gasteiger partial charge in [-0.2, -0.15) is 0 Å². The lowest BCUT2D eigenvalue weighted by Gasteiger charge is -2.42. The molecule has 2 aliphatic rings. The molecule has 2 aromatic rings. The average molecular weight is 383 g/mol. The van der Waals surface area contributed by atoms with E-state index in [1.54, 1.807) is 10.6 Å². The average Bonchev–Trinajstić information content (AvgIpc) is 2.69. The van der Waals surface area contributed by atoms with Crippen molar-refractivity contribution in [1.82, 2.24) is 9.55 Å². The zero-order valence-corrected chi connectivity index (χ0v) is 16.4. The van der Waals surface area contributed by atoms with Crippen molar-refractivity contribution in [3.05, 3.63) is 58.4 Å². The number of hydrogen-bond acceptors (Lipinski definition) is 4. The topological polar surface area (TPSA) is 55.1 Å². The SMILES string of the molecule is C=CCn1c(SCCO)nc2c(c1=O)C1(CCCCC1)Cc1ccccc1-2. The molecular weight excluding hydrogens is 356 g/mol. The van der Waals surface area contributed by atoms with Crippen LogP contribution in [-0.2, 0) is 18.4 Å². The van der Waals surface area contributed by atoms with Crippen molar-refractivity contribution in [3.8, 4) is 11.3 Å². The molecule has 142 valence electrons. The lowest BCUT2D eigenvalue weighted by Crippen LogP contribution is -2.43. The maximum Gasteiger partial charge on any atom is 0.258 e. The standard InChI is InChI=1S/C22H26N2O2S/c1-2-12-24-20(26)18-19(23-21(24)27-14-13-25)17-9-5-4-8-16(17)15-22(18)10-6-3-7-11-22/h2,4-5,8-9,25H,1,3,6-7,10-15H2. The maximum atomic E-state index is 13.7. The minimum Gasteiger partial charge on any atom is -0.396 e. The Kier molecular flexibility index (Phi) is 5.24. The van der Waals surface area contributed by atoms with E-state index < -0.39 is 0 Å². The molecule has 0 amide bonds. The zero-order chi connectivity index (χ0) is 18.9. The third-order valence-corrected chi connectivity index (χ3v) is 6.87. The van der Waals surface area contributed by atoms with E-state index in [0.717, 1.165) is 36.1 Å². The normalized spacial score (nSPS) is 17.4. The van der Waals surface area contributed by atoms with Crippen molar-refractivity contribution in [2.45, 2.75) is 55.6 Å². The summed E-state index contributed by atoms with van der Waals surface area (Å²) in [6.45, 7) is 4.34. The van der Waals surface area contributed by atoms with Crippen LogP contribution in [0.1, 0.15) is 43.2 Å². The molecule has 0 saturated heterocycles. The van der Waals surface area contributed by atoms with Gasteiger partial charge in [-0.3, -0.25) is 9.36 Å². The molecule has 1 aromatic carbocycles. The molecule has 2 aliphatic carbocycles. The summed E-state index contributed by atoms with van der Waals surface area (Å²) in [7, 11) is 0. The molecule has 0 bridgehead atoms. The Morgan fingerprint density at radius 3 is 2.78 bits per heavy atom. The number of aliphatic hydroxyl groups is 1. The van der Waals surface area contributed by atoms with E-state index in [-0.39, 0.29) is 17.6 Å². The van der Waals surface area contributed by atoms with Crippen LogP contribution in [0.5, 0.6) is 0 Å². The van der Waals surface area contributed by atoms with Crippen LogP contribution in [0.25, 0.3) is 11.3 Å². The Bertz CT molecular complexity index is 913. The minimum atomic E-state index is -0.0882. The second-order valence-electron chi connectivity index (χ2n) is 7.57. The number of allylic oxidation sites excluding steroid dienone is 1. The van der Waals surface area contributed by atoms with Crippen LogP contribution in [0, 0.1) is 0 Å². The first-order valence-corrected chi connectivity index (χ1v) is 10.8. The van der Waals surface area contributed by atoms with Crippen LogP contribution in [0.15, 0.2) is 46.9 Å². The van der Waals surface area contributed by atoms with Crippen molar-refractivity contribution in [2.75, 3.05) is 12.4 Å². The predicted molar refractivity (Wildman–Crippen MR) is 110 cm³/mol. The molecule has 5 heteroatoms. The molecule has 0 unspecified atom stereocenters. The summed E-state index contributed by atoms with van der Waals surface area (Å²) in [5.74, 6) is 0.523. The molecule has 1 aromatic heterocycles. The van der Waals surface area contributed by atoms with Crippen LogP contribution < -0.4 is 5.56 Å². The summed E-state index contributed by atoms with van der Waals surface area (Å²) in [4.78, 5) is 18.7. The second-order valence-corrected chi connectivity index (χ2v) is 8.63. The third-order valence-electron chi connectivity index (χ3n) is 5.91. The lowest BCUT2D eigenvalue weighted by molar-refractivity contribution is 0.282. The lowest BCUT2D eigenvalue weighted by atomic mass is 9.62. The quantitative estimate of drug-likeness (QED) is 0.483. The van der Waals surface area contributed by atoms with Crippen LogP contribution in [0.4, 0.5) is 0 Å². The van der Waals surface area contributed by atoms with Gasteiger partial charge >= 0.3 is 0 Å². The fourth-order valence-electron chi connectivity index (χ4n) is 4.76. The van der Waals surface area contributed by atoms with E-state index in [1.807, 2.05) is 6.07 Å². The van der Waals surface area contributed by atoms with Crippen LogP contribution in [0.3, 0.4) is 0 Å². The molecule has 4 rings (SSSR count). The summed E-state index contributed by atoms with van der Waals surface area (Å²) in [5, 5.41) is 9.93. The van der Waals surface area contributed by atoms with Gasteiger partial charge in [-0.15, -0.1) is 6.58 Å². The Hall–Kier alpha value is -1.85. The predicted octanol–water partition coefficient (Wildman–Crippen LogP) is 3.94. The van der Waals surface area contributed by atoms with Crippen LogP contribution >= 0.6 is 11.8 Å². The van der Waals surface area contributed by atoms with Gasteiger partial charge in [0.2, 0.25) is 0 Å². The monoisotopic (exact) mass is 382 g/mol. The van der Waals surface area contributed by atoms with Crippen molar-refractivity contribution in [3.63, 3.8) is 0 Å². The molecule has 0 atom stereocenters. The van der Waals surface area contributed by atoms with Crippen molar-refractivity contribution >= 4 is 11.8 Å². The molecule has 4 nitrogen and oxygen atoms in total. The molecule has 0 radical (unpaired) electrons. The summed E-state index contributed by atoms with van der Waals surface area (Å²) >= 11 is 1.44. The van der Waals surface area contributed by atoms with Gasteiger partial charge in [0.05, 0.1) is 17.9 Å². The molecule has 1 N–H and O–H groups in total. The van der Waals surface area contributed by atoms with Crippen molar-refractivity contribution in [2.24, 2.45) is 0 Å². The summed E-state index contributed by atoms with van der Waals surface area (Å²) in [6.07, 6.45) is 8.39. The number of aliphatic hydroxyl groups excluding tert-OH is 1. The molecule has 1 fully saturated rings. The Morgan fingerprint density at radius 2 is 2.04 bits per heavy atom. The van der Waals surface area contributed by atoms with Gasteiger partial charge in [-0.05, 0) is 24.8 Å². The first-order chi connectivity index (χ1) is 13.2. The maximum absolute atomic E-state index is 13.7. The Balaban J connectivity index is 1.99. The molecular formula is C22H26N2O2S. The Labute approximate surface area is 164 Å². The number of fused-ring (bicyclic) bond motifs is 4. The van der Waals surface area contributed by atoms with Gasteiger partial charge in [0.25, 0.3) is 5.56 Å². The molecule has 1 saturated carbocycles. The summed E-state index contributed by atoms with van der Waals surface area (Å²) in [5.41, 5.74) is 4.17. The van der Waals surface area contributed by atoms with Gasteiger partial charge in [0.15, 0.2) is 5.16 Å². The van der Waals surface area contributed by atoms with Gasteiger partial charge in [0, 0.05) is 23.3 Å². The highest BCUT2D eigenvalue weighted by Gasteiger charge is 2.43. The van der Waals surface area contributed by atoms with E-state index in [4.69, 9.17) is 4.98 Å². The van der Waals surface area contributed by atoms with E-state index in [1.165, 1.54) is 36.6 Å². The number of aromatic nitrogens is 2. The van der Waals surface area contributed by atoms with Gasteiger partial charge < -0.3 is 5.11 Å². The van der Waals surface area contributed by atoms with Gasteiger partial charge in [0.1, 0.15) is 0 Å². The first-order valence-electron chi connectivity index (χ1n) is 9.78. The highest BCUT2D eigenvalue weighted by molar-refractivity contribution is 7.99. The number of rotatable bonds is 5. The number of nitrogens with zero attached hydrogens (tertiary/aromatic N) is 2. The van der Waals surface area contributed by atoms with Crippen LogP contribution in [-0.4, -0.2) is 27.0 Å². The minimum absolute atomic E-state index is 0.0617. The largest absolute Gasteiger partial charge is 0.396 e. The number of benzene rings is 1. The van der Waals surface area contributed by atoms with Gasteiger partial charge in [-0.1, -0.05) is 61.4 Å². The third kappa shape index (κ3) is 3.17. The number of hydrogen-bond donors (Lipinski definition) is 1. The highest BCUT2D eigenvalue weighted by Crippen LogP contribution is 2.48. The molecule has 1 spiro atoms. The number of thioether (sulfide) groups is 1. The van der Waals surface area contributed by atoms with Crippen LogP contribution in [0.2, 0.25) is 0 Å². The molecule has 0 aliphatic heterocycles. The van der Waals surface area contributed by atoms with E-state index in [9.17, 15) is 9.90 Å². The Morgan fingerprint density at radius 1 is 1.26 bits per heavy atom. The van der Waals surface area contributed by atoms with E-state index >= 15 is 0 Å². The first kappa shape index (κ1) is 18.5. The van der Waals surface area contributed by atoms with E-state index in [2.05, 4.69) is 24.8 Å². The second kappa shape index (κ2) is 7.64. The fraction of sp³-hybridized carbons (Fsp3) is 0.455. The van der Waals surface area contributed by atoms with Crippen molar-refractivity contribution in [1.29, 1.82) is 0 Å². The van der Waals surface area contributed by atoms with Crippen molar-refractivity contribution < 1.29 is 5.11 Å². The fourth-order valence-corrected chi connectivity index (χ4v) is 5.50. The smallest absolute Gasteiger partial charge is 0.258 e.